The van der Waals surface area contributed by atoms with Crippen molar-refractivity contribution < 1.29 is 0 Å². The van der Waals surface area contributed by atoms with Crippen LogP contribution in [0.3, 0.4) is 0 Å². The molecule has 1 saturated carbocycles. The Hall–Kier alpha value is -1.15. The Kier molecular flexibility index (Phi) is 4.40. The van der Waals surface area contributed by atoms with Crippen LogP contribution in [-0.4, -0.2) is 21.5 Å². The number of halogens is 1. The largest absolute Gasteiger partial charge is 0.386 e. The molecule has 1 aromatic carbocycles. The first-order chi connectivity index (χ1) is 11.5. The molecular formula is C17H17BrN4S2. The summed E-state index contributed by atoms with van der Waals surface area (Å²) in [6.07, 6.45) is 0. The van der Waals surface area contributed by atoms with Crippen LogP contribution in [0.25, 0.3) is 0 Å². The van der Waals surface area contributed by atoms with E-state index in [0.717, 1.165) is 21.5 Å². The van der Waals surface area contributed by atoms with Crippen molar-refractivity contribution in [2.45, 2.75) is 24.0 Å². The Bertz CT molecular complexity index is 791. The van der Waals surface area contributed by atoms with Gasteiger partial charge in [0.15, 0.2) is 4.20 Å². The second-order valence-corrected chi connectivity index (χ2v) is 9.77. The molecular weight excluding hydrogens is 404 g/mol. The van der Waals surface area contributed by atoms with Crippen LogP contribution in [0.4, 0.5) is 0 Å². The fourth-order valence-electron chi connectivity index (χ4n) is 3.93. The topological polar surface area (TPSA) is 86.0 Å². The number of fused-ring (bicyclic) bond motifs is 1. The van der Waals surface area contributed by atoms with Crippen molar-refractivity contribution in [2.75, 3.05) is 11.5 Å². The molecule has 0 radical (unpaired) electrons. The highest BCUT2D eigenvalue weighted by molar-refractivity contribution is 9.10. The van der Waals surface area contributed by atoms with E-state index in [-0.39, 0.29) is 5.92 Å². The number of hydrogen-bond acceptors (Lipinski definition) is 6. The summed E-state index contributed by atoms with van der Waals surface area (Å²) in [5, 5.41) is 20.2. The molecule has 1 aliphatic heterocycles. The van der Waals surface area contributed by atoms with Gasteiger partial charge in [0.2, 0.25) is 0 Å². The van der Waals surface area contributed by atoms with E-state index in [4.69, 9.17) is 5.73 Å². The minimum atomic E-state index is -1.05. The summed E-state index contributed by atoms with van der Waals surface area (Å²) in [5.74, 6) is 1.63. The van der Waals surface area contributed by atoms with Crippen molar-refractivity contribution in [3.05, 3.63) is 34.3 Å². The van der Waals surface area contributed by atoms with Crippen molar-refractivity contribution in [2.24, 2.45) is 21.6 Å². The molecule has 3 rings (SSSR count). The summed E-state index contributed by atoms with van der Waals surface area (Å²) in [6, 6.07) is 12.6. The van der Waals surface area contributed by atoms with E-state index in [2.05, 4.69) is 33.1 Å². The molecule has 1 aliphatic carbocycles. The summed E-state index contributed by atoms with van der Waals surface area (Å²) in [7, 11) is 0. The molecule has 1 aromatic rings. The molecule has 2 N–H and O–H groups in total. The molecule has 2 aliphatic rings. The number of nitriles is 2. The van der Waals surface area contributed by atoms with Crippen LogP contribution in [0, 0.1) is 33.5 Å². The lowest BCUT2D eigenvalue weighted by atomic mass is 9.97. The lowest BCUT2D eigenvalue weighted by Gasteiger charge is -2.31. The molecule has 0 aromatic heterocycles. The monoisotopic (exact) mass is 420 g/mol. The lowest BCUT2D eigenvalue weighted by molar-refractivity contribution is 0.564. The van der Waals surface area contributed by atoms with Crippen LogP contribution < -0.4 is 5.73 Å². The molecule has 0 bridgehead atoms. The second-order valence-electron chi connectivity index (χ2n) is 5.74. The van der Waals surface area contributed by atoms with Crippen LogP contribution >= 0.6 is 39.5 Å². The summed E-state index contributed by atoms with van der Waals surface area (Å²) < 4.78 is 0.170. The number of nitrogens with zero attached hydrogens (tertiary/aromatic N) is 3. The maximum atomic E-state index is 10.2. The van der Waals surface area contributed by atoms with Crippen LogP contribution in [0.2, 0.25) is 0 Å². The zero-order chi connectivity index (χ0) is 17.6. The summed E-state index contributed by atoms with van der Waals surface area (Å²) in [4.78, 5) is 4.68. The molecule has 0 saturated heterocycles. The van der Waals surface area contributed by atoms with E-state index in [0.29, 0.717) is 5.84 Å². The highest BCUT2D eigenvalue weighted by Crippen LogP contribution is 2.85. The quantitative estimate of drug-likeness (QED) is 0.724. The van der Waals surface area contributed by atoms with Gasteiger partial charge < -0.3 is 5.73 Å². The number of rotatable bonds is 5. The minimum absolute atomic E-state index is 0.272. The Morgan fingerprint density at radius 3 is 2.33 bits per heavy atom. The van der Waals surface area contributed by atoms with E-state index >= 15 is 0 Å². The van der Waals surface area contributed by atoms with E-state index in [1.807, 2.05) is 38.1 Å². The van der Waals surface area contributed by atoms with Crippen LogP contribution in [0.1, 0.15) is 25.3 Å². The second kappa shape index (κ2) is 5.98. The zero-order valence-corrected chi connectivity index (χ0v) is 16.6. The fourth-order valence-corrected chi connectivity index (χ4v) is 7.69. The van der Waals surface area contributed by atoms with Gasteiger partial charge in [0, 0.05) is 10.4 Å². The summed E-state index contributed by atoms with van der Waals surface area (Å²) >= 11 is 6.80. The molecule has 0 spiro atoms. The minimum Gasteiger partial charge on any atom is -0.386 e. The molecule has 0 amide bonds. The molecule has 4 nitrogen and oxygen atoms in total. The maximum Gasteiger partial charge on any atom is 0.175 e. The van der Waals surface area contributed by atoms with Gasteiger partial charge in [-0.05, 0) is 23.1 Å². The number of amidine groups is 1. The zero-order valence-electron chi connectivity index (χ0n) is 13.4. The first kappa shape index (κ1) is 17.7. The van der Waals surface area contributed by atoms with Gasteiger partial charge in [-0.2, -0.15) is 10.5 Å². The molecule has 1 fully saturated rings. The van der Waals surface area contributed by atoms with Gasteiger partial charge in [0.25, 0.3) is 0 Å². The van der Waals surface area contributed by atoms with E-state index < -0.39 is 15.0 Å². The molecule has 24 heavy (non-hydrogen) atoms. The Morgan fingerprint density at radius 1 is 1.21 bits per heavy atom. The van der Waals surface area contributed by atoms with Gasteiger partial charge in [0.1, 0.15) is 16.7 Å². The molecule has 3 unspecified atom stereocenters. The number of benzene rings is 1. The van der Waals surface area contributed by atoms with Gasteiger partial charge in [-0.25, -0.2) is 4.99 Å². The fraction of sp³-hybridized carbons (Fsp3) is 0.471. The van der Waals surface area contributed by atoms with E-state index in [1.165, 1.54) is 0 Å². The number of nitrogens with two attached hydrogens (primary N) is 1. The first-order valence-corrected chi connectivity index (χ1v) is 10.5. The van der Waals surface area contributed by atoms with Gasteiger partial charge in [-0.3, -0.25) is 0 Å². The van der Waals surface area contributed by atoms with Crippen molar-refractivity contribution in [1.29, 1.82) is 10.5 Å². The highest BCUT2D eigenvalue weighted by atomic mass is 79.9. The van der Waals surface area contributed by atoms with E-state index in [1.54, 1.807) is 23.5 Å². The van der Waals surface area contributed by atoms with Gasteiger partial charge >= 0.3 is 0 Å². The SMILES string of the molecule is CCSC1(SCC)N=C(N)C2(C#N)C(c3ccccc3Br)C12C#N. The van der Waals surface area contributed by atoms with Crippen LogP contribution in [0.5, 0.6) is 0 Å². The lowest BCUT2D eigenvalue weighted by Crippen LogP contribution is -2.31. The van der Waals surface area contributed by atoms with Gasteiger partial charge in [-0.15, -0.1) is 23.5 Å². The third-order valence-corrected chi connectivity index (χ3v) is 8.44. The molecule has 124 valence electrons. The smallest absolute Gasteiger partial charge is 0.175 e. The first-order valence-electron chi connectivity index (χ1n) is 7.72. The summed E-state index contributed by atoms with van der Waals surface area (Å²) in [6.45, 7) is 4.09. The average Bonchev–Trinajstić information content (AvgIpc) is 3.14. The molecule has 7 heteroatoms. The average molecular weight is 421 g/mol. The van der Waals surface area contributed by atoms with Crippen LogP contribution in [0.15, 0.2) is 33.7 Å². The predicted octanol–water partition coefficient (Wildman–Crippen LogP) is 4.10. The highest BCUT2D eigenvalue weighted by Gasteiger charge is 2.92. The van der Waals surface area contributed by atoms with Crippen molar-refractivity contribution in [3.63, 3.8) is 0 Å². The predicted molar refractivity (Wildman–Crippen MR) is 104 cm³/mol. The van der Waals surface area contributed by atoms with Gasteiger partial charge in [0.05, 0.1) is 12.1 Å². The molecule has 3 atom stereocenters. The third kappa shape index (κ3) is 1.84. The third-order valence-electron chi connectivity index (χ3n) is 4.82. The normalized spacial score (nSPS) is 32.4. The number of thioether (sulfide) groups is 2. The Morgan fingerprint density at radius 2 is 1.83 bits per heavy atom. The Balaban J connectivity index is 2.25. The van der Waals surface area contributed by atoms with Crippen molar-refractivity contribution in [1.82, 2.24) is 0 Å². The Labute approximate surface area is 159 Å². The maximum absolute atomic E-state index is 10.2. The standard InChI is InChI=1S/C17H17BrN4S2/c1-3-23-17(24-4-2)16(10-20)13(11-7-5-6-8-12(11)18)15(16,9-19)14(21)22-17/h5-8,13H,3-4H2,1-2H3,(H2,21,22). The van der Waals surface area contributed by atoms with Gasteiger partial charge in [-0.1, -0.05) is 48.0 Å². The number of hydrogen-bond donors (Lipinski definition) is 1. The van der Waals surface area contributed by atoms with Crippen molar-refractivity contribution in [3.8, 4) is 12.1 Å². The number of aliphatic imine (C=N–C) groups is 1. The van der Waals surface area contributed by atoms with Crippen molar-refractivity contribution >= 4 is 45.3 Å². The van der Waals surface area contributed by atoms with Crippen LogP contribution in [-0.2, 0) is 0 Å². The van der Waals surface area contributed by atoms with E-state index in [9.17, 15) is 10.5 Å². The summed E-state index contributed by atoms with van der Waals surface area (Å²) in [5.41, 5.74) is 5.24. The molecule has 1 heterocycles.